The van der Waals surface area contributed by atoms with E-state index in [2.05, 4.69) is 37.2 Å². The summed E-state index contributed by atoms with van der Waals surface area (Å²) in [4.78, 5) is 51.4. The number of rotatable bonds is 7. The third-order valence-corrected chi connectivity index (χ3v) is 9.87. The number of nitrogens with one attached hydrogen (secondary N) is 1. The van der Waals surface area contributed by atoms with Gasteiger partial charge in [-0.25, -0.2) is 0 Å². The van der Waals surface area contributed by atoms with Crippen molar-refractivity contribution in [2.45, 2.75) is 35.5 Å². The van der Waals surface area contributed by atoms with Crippen molar-refractivity contribution in [3.63, 3.8) is 0 Å². The SMILES string of the molecule is C[C@H](NC(=O)COC(=O)CCN1C(=O)[C@@H]2[C@H]3C[C@@H]([C@H](Br)[C@H]3Br)[C@@H]2C1=O)c1ccccc1. The second-order valence-electron chi connectivity index (χ2n) is 8.44. The van der Waals surface area contributed by atoms with Gasteiger partial charge < -0.3 is 10.1 Å². The molecular formula is C22H24Br2N2O5. The van der Waals surface area contributed by atoms with Gasteiger partial charge in [0, 0.05) is 16.2 Å². The Morgan fingerprint density at radius 2 is 1.68 bits per heavy atom. The number of hydrogen-bond acceptors (Lipinski definition) is 5. The molecule has 31 heavy (non-hydrogen) atoms. The highest BCUT2D eigenvalue weighted by Crippen LogP contribution is 2.60. The number of amides is 3. The van der Waals surface area contributed by atoms with Crippen LogP contribution in [0.15, 0.2) is 30.3 Å². The van der Waals surface area contributed by atoms with Crippen molar-refractivity contribution >= 4 is 55.6 Å². The van der Waals surface area contributed by atoms with Crippen LogP contribution in [-0.2, 0) is 23.9 Å². The van der Waals surface area contributed by atoms with Crippen LogP contribution in [0.2, 0.25) is 0 Å². The molecule has 1 heterocycles. The van der Waals surface area contributed by atoms with Gasteiger partial charge in [0.25, 0.3) is 5.91 Å². The smallest absolute Gasteiger partial charge is 0.308 e. The van der Waals surface area contributed by atoms with Crippen molar-refractivity contribution in [1.29, 1.82) is 0 Å². The number of nitrogens with zero attached hydrogens (tertiary/aromatic N) is 1. The molecule has 0 radical (unpaired) electrons. The Bertz CT molecular complexity index is 863. The Morgan fingerprint density at radius 3 is 2.26 bits per heavy atom. The van der Waals surface area contributed by atoms with Crippen molar-refractivity contribution in [3.8, 4) is 0 Å². The van der Waals surface area contributed by atoms with Crippen molar-refractivity contribution in [1.82, 2.24) is 10.2 Å². The summed E-state index contributed by atoms with van der Waals surface area (Å²) in [5.41, 5.74) is 0.948. The first-order valence-electron chi connectivity index (χ1n) is 10.4. The maximum atomic E-state index is 12.8. The van der Waals surface area contributed by atoms with Gasteiger partial charge in [-0.1, -0.05) is 62.2 Å². The molecule has 3 amide bonds. The number of benzene rings is 1. The lowest BCUT2D eigenvalue weighted by Crippen LogP contribution is -2.37. The van der Waals surface area contributed by atoms with E-state index in [4.69, 9.17) is 4.74 Å². The van der Waals surface area contributed by atoms with Crippen LogP contribution in [0.4, 0.5) is 0 Å². The van der Waals surface area contributed by atoms with Crippen LogP contribution in [0.1, 0.15) is 31.4 Å². The number of alkyl halides is 2. The van der Waals surface area contributed by atoms with E-state index in [9.17, 15) is 19.2 Å². The van der Waals surface area contributed by atoms with E-state index in [1.54, 1.807) is 0 Å². The number of esters is 1. The summed E-state index contributed by atoms with van der Waals surface area (Å²) in [6, 6.07) is 9.25. The molecule has 1 aromatic carbocycles. The fourth-order valence-corrected chi connectivity index (χ4v) is 7.03. The molecule has 1 aromatic rings. The molecule has 0 aromatic heterocycles. The quantitative estimate of drug-likeness (QED) is 0.317. The van der Waals surface area contributed by atoms with Gasteiger partial charge in [0.1, 0.15) is 0 Å². The van der Waals surface area contributed by atoms with E-state index in [0.29, 0.717) is 0 Å². The molecule has 2 aliphatic carbocycles. The molecule has 166 valence electrons. The Hall–Kier alpha value is -1.74. The van der Waals surface area contributed by atoms with Crippen LogP contribution < -0.4 is 5.32 Å². The standard InChI is InChI=1S/C22H24Br2N2O5/c1-11(12-5-3-2-4-6-12)25-15(27)10-31-16(28)7-8-26-21(29)17-13-9-14(18(17)22(26)30)20(24)19(13)23/h2-6,11,13-14,17-20H,7-10H2,1H3,(H,25,27)/t11-,13+,14+,17-,18+,19-,20-/m0/s1. The highest BCUT2D eigenvalue weighted by molar-refractivity contribution is 9.12. The lowest BCUT2D eigenvalue weighted by molar-refractivity contribution is -0.150. The molecular weight excluding hydrogens is 532 g/mol. The van der Waals surface area contributed by atoms with E-state index in [1.165, 1.54) is 4.90 Å². The second kappa shape index (κ2) is 9.02. The third kappa shape index (κ3) is 4.18. The monoisotopic (exact) mass is 554 g/mol. The fraction of sp³-hybridized carbons (Fsp3) is 0.545. The molecule has 2 bridgehead atoms. The predicted octanol–water partition coefficient (Wildman–Crippen LogP) is 2.58. The molecule has 7 atom stereocenters. The number of halogens is 2. The molecule has 1 aliphatic heterocycles. The minimum atomic E-state index is -0.611. The second-order valence-corrected chi connectivity index (χ2v) is 10.6. The van der Waals surface area contributed by atoms with Gasteiger partial charge in [-0.3, -0.25) is 24.1 Å². The largest absolute Gasteiger partial charge is 0.456 e. The summed E-state index contributed by atoms with van der Waals surface area (Å²) >= 11 is 7.30. The van der Waals surface area contributed by atoms with E-state index < -0.39 is 18.5 Å². The van der Waals surface area contributed by atoms with Gasteiger partial charge in [-0.2, -0.15) is 0 Å². The maximum Gasteiger partial charge on any atom is 0.308 e. The zero-order chi connectivity index (χ0) is 22.3. The highest BCUT2D eigenvalue weighted by atomic mass is 79.9. The summed E-state index contributed by atoms with van der Waals surface area (Å²) in [6.45, 7) is 1.44. The number of imide groups is 1. The molecule has 4 rings (SSSR count). The van der Waals surface area contributed by atoms with Crippen LogP contribution in [-0.4, -0.2) is 51.4 Å². The van der Waals surface area contributed by atoms with E-state index in [-0.39, 0.29) is 64.1 Å². The average Bonchev–Trinajstić information content (AvgIpc) is 3.36. The molecule has 1 N–H and O–H groups in total. The molecule has 3 aliphatic rings. The summed E-state index contributed by atoms with van der Waals surface area (Å²) in [5, 5.41) is 2.77. The number of fused-ring (bicyclic) bond motifs is 5. The summed E-state index contributed by atoms with van der Waals surface area (Å²) in [5.74, 6) is -1.70. The third-order valence-electron chi connectivity index (χ3n) is 6.66. The van der Waals surface area contributed by atoms with Crippen molar-refractivity contribution in [2.24, 2.45) is 23.7 Å². The van der Waals surface area contributed by atoms with Gasteiger partial charge in [0.2, 0.25) is 11.8 Å². The van der Waals surface area contributed by atoms with Gasteiger partial charge in [0.05, 0.1) is 24.3 Å². The van der Waals surface area contributed by atoms with Crippen molar-refractivity contribution in [3.05, 3.63) is 35.9 Å². The first-order chi connectivity index (χ1) is 14.8. The molecule has 9 heteroatoms. The molecule has 7 nitrogen and oxygen atoms in total. The molecule has 2 saturated carbocycles. The first kappa shape index (κ1) is 22.5. The Balaban J connectivity index is 1.24. The zero-order valence-corrected chi connectivity index (χ0v) is 20.2. The fourth-order valence-electron chi connectivity index (χ4n) is 5.16. The number of ether oxygens (including phenoxy) is 1. The van der Waals surface area contributed by atoms with E-state index in [1.807, 2.05) is 37.3 Å². The van der Waals surface area contributed by atoms with E-state index in [0.717, 1.165) is 12.0 Å². The van der Waals surface area contributed by atoms with Crippen LogP contribution in [0.3, 0.4) is 0 Å². The Labute approximate surface area is 197 Å². The lowest BCUT2D eigenvalue weighted by Gasteiger charge is -2.28. The van der Waals surface area contributed by atoms with Crippen LogP contribution in [0, 0.1) is 23.7 Å². The minimum absolute atomic E-state index is 0.00905. The molecule has 0 unspecified atom stereocenters. The average molecular weight is 556 g/mol. The number of likely N-dealkylation sites (tertiary alicyclic amines) is 1. The summed E-state index contributed by atoms with van der Waals surface area (Å²) < 4.78 is 5.04. The lowest BCUT2D eigenvalue weighted by atomic mass is 9.81. The van der Waals surface area contributed by atoms with Gasteiger partial charge in [-0.05, 0) is 30.7 Å². The first-order valence-corrected chi connectivity index (χ1v) is 12.3. The van der Waals surface area contributed by atoms with Crippen molar-refractivity contribution < 1.29 is 23.9 Å². The number of carbonyl (C=O) groups excluding carboxylic acids is 4. The predicted molar refractivity (Wildman–Crippen MR) is 119 cm³/mol. The topological polar surface area (TPSA) is 92.8 Å². The summed E-state index contributed by atoms with van der Waals surface area (Å²) in [6.07, 6.45) is 0.744. The molecule has 1 saturated heterocycles. The Morgan fingerprint density at radius 1 is 1.10 bits per heavy atom. The maximum absolute atomic E-state index is 12.8. The van der Waals surface area contributed by atoms with Crippen LogP contribution >= 0.6 is 31.9 Å². The van der Waals surface area contributed by atoms with Crippen molar-refractivity contribution in [2.75, 3.05) is 13.2 Å². The molecule has 3 fully saturated rings. The zero-order valence-electron chi connectivity index (χ0n) is 17.0. The van der Waals surface area contributed by atoms with Gasteiger partial charge in [0.15, 0.2) is 6.61 Å². The van der Waals surface area contributed by atoms with Crippen LogP contribution in [0.5, 0.6) is 0 Å². The summed E-state index contributed by atoms with van der Waals surface area (Å²) in [7, 11) is 0. The van der Waals surface area contributed by atoms with Gasteiger partial charge >= 0.3 is 5.97 Å². The highest BCUT2D eigenvalue weighted by Gasteiger charge is 2.66. The number of carbonyl (C=O) groups is 4. The Kier molecular flexibility index (Phi) is 6.53. The normalized spacial score (nSPS) is 32.2. The van der Waals surface area contributed by atoms with E-state index >= 15 is 0 Å². The van der Waals surface area contributed by atoms with Gasteiger partial charge in [-0.15, -0.1) is 0 Å². The van der Waals surface area contributed by atoms with Crippen LogP contribution in [0.25, 0.3) is 0 Å². The molecule has 0 spiro atoms. The minimum Gasteiger partial charge on any atom is -0.456 e. The number of hydrogen-bond donors (Lipinski definition) is 1.